The van der Waals surface area contributed by atoms with Gasteiger partial charge in [-0.05, 0) is 11.5 Å². The molecule has 0 aliphatic carbocycles. The highest BCUT2D eigenvalue weighted by Gasteiger charge is 2.15. The first-order valence-electron chi connectivity index (χ1n) is 5.86. The van der Waals surface area contributed by atoms with Gasteiger partial charge in [0.05, 0.1) is 6.04 Å². The van der Waals surface area contributed by atoms with E-state index in [0.29, 0.717) is 5.92 Å². The average Bonchev–Trinajstić information content (AvgIpc) is 2.76. The van der Waals surface area contributed by atoms with E-state index in [9.17, 15) is 0 Å². The molecule has 1 unspecified atom stereocenters. The summed E-state index contributed by atoms with van der Waals surface area (Å²) in [6, 6.07) is 9.77. The molecular weight excluding hydrogens is 212 g/mol. The molecule has 0 spiro atoms. The molecular formula is C13H18N4. The van der Waals surface area contributed by atoms with Gasteiger partial charge in [-0.2, -0.15) is 0 Å². The van der Waals surface area contributed by atoms with Crippen LogP contribution in [0.4, 0.5) is 0 Å². The van der Waals surface area contributed by atoms with Crippen molar-refractivity contribution in [2.24, 2.45) is 11.7 Å². The Morgan fingerprint density at radius 1 is 1.24 bits per heavy atom. The van der Waals surface area contributed by atoms with E-state index in [2.05, 4.69) is 24.0 Å². The molecule has 17 heavy (non-hydrogen) atoms. The summed E-state index contributed by atoms with van der Waals surface area (Å²) in [7, 11) is 0. The number of hydrogen-bond acceptors (Lipinski definition) is 3. The third kappa shape index (κ3) is 2.71. The molecule has 1 heterocycles. The largest absolute Gasteiger partial charge is 0.318 e. The summed E-state index contributed by atoms with van der Waals surface area (Å²) >= 11 is 0. The van der Waals surface area contributed by atoms with Crippen LogP contribution in [0, 0.1) is 5.92 Å². The van der Waals surface area contributed by atoms with Gasteiger partial charge in [0.2, 0.25) is 0 Å². The Labute approximate surface area is 101 Å². The van der Waals surface area contributed by atoms with Crippen molar-refractivity contribution in [1.82, 2.24) is 14.8 Å². The zero-order valence-corrected chi connectivity index (χ0v) is 10.2. The zero-order valence-electron chi connectivity index (χ0n) is 10.2. The van der Waals surface area contributed by atoms with E-state index in [0.717, 1.165) is 17.9 Å². The number of nitrogens with zero attached hydrogens (tertiary/aromatic N) is 3. The number of nitrogens with two attached hydrogens (primary N) is 1. The molecule has 0 saturated carbocycles. The Kier molecular flexibility index (Phi) is 3.54. The summed E-state index contributed by atoms with van der Waals surface area (Å²) in [5.74, 6) is 1.37. The van der Waals surface area contributed by atoms with Crippen molar-refractivity contribution in [2.75, 3.05) is 0 Å². The highest BCUT2D eigenvalue weighted by molar-refractivity contribution is 5.23. The molecule has 4 heteroatoms. The number of aromatic nitrogens is 3. The summed E-state index contributed by atoms with van der Waals surface area (Å²) < 4.78 is 2.03. The third-order valence-corrected chi connectivity index (χ3v) is 2.64. The standard InChI is InChI=1S/C13H18N4/c1-10(2)8-17-9-15-16-13(17)12(14)11-6-4-3-5-7-11/h3-7,9-10,12H,8,14H2,1-2H3. The fourth-order valence-corrected chi connectivity index (χ4v) is 1.85. The summed E-state index contributed by atoms with van der Waals surface area (Å²) in [5, 5.41) is 8.09. The second-order valence-corrected chi connectivity index (χ2v) is 4.62. The van der Waals surface area contributed by atoms with Gasteiger partial charge in [-0.25, -0.2) is 0 Å². The molecule has 0 fully saturated rings. The van der Waals surface area contributed by atoms with Gasteiger partial charge in [0.25, 0.3) is 0 Å². The van der Waals surface area contributed by atoms with Crippen LogP contribution in [-0.2, 0) is 6.54 Å². The quantitative estimate of drug-likeness (QED) is 0.873. The first-order valence-corrected chi connectivity index (χ1v) is 5.86. The highest BCUT2D eigenvalue weighted by Crippen LogP contribution is 2.17. The van der Waals surface area contributed by atoms with Gasteiger partial charge < -0.3 is 10.3 Å². The monoisotopic (exact) mass is 230 g/mol. The van der Waals surface area contributed by atoms with Crippen LogP contribution in [-0.4, -0.2) is 14.8 Å². The van der Waals surface area contributed by atoms with E-state index in [1.54, 1.807) is 6.33 Å². The Morgan fingerprint density at radius 2 is 1.94 bits per heavy atom. The molecule has 2 rings (SSSR count). The normalized spacial score (nSPS) is 12.9. The molecule has 0 bridgehead atoms. The van der Waals surface area contributed by atoms with Crippen molar-refractivity contribution in [2.45, 2.75) is 26.4 Å². The van der Waals surface area contributed by atoms with E-state index >= 15 is 0 Å². The van der Waals surface area contributed by atoms with Gasteiger partial charge in [-0.1, -0.05) is 44.2 Å². The van der Waals surface area contributed by atoms with Gasteiger partial charge in [0.1, 0.15) is 6.33 Å². The highest BCUT2D eigenvalue weighted by atomic mass is 15.3. The van der Waals surface area contributed by atoms with Gasteiger partial charge in [0, 0.05) is 6.54 Å². The van der Waals surface area contributed by atoms with Crippen LogP contribution in [0.25, 0.3) is 0 Å². The molecule has 1 aromatic carbocycles. The van der Waals surface area contributed by atoms with Crippen molar-refractivity contribution < 1.29 is 0 Å². The number of rotatable bonds is 4. The molecule has 4 nitrogen and oxygen atoms in total. The van der Waals surface area contributed by atoms with Crippen LogP contribution in [0.15, 0.2) is 36.7 Å². The summed E-state index contributed by atoms with van der Waals surface area (Å²) in [4.78, 5) is 0. The number of benzene rings is 1. The molecule has 2 N–H and O–H groups in total. The van der Waals surface area contributed by atoms with E-state index in [1.165, 1.54) is 0 Å². The topological polar surface area (TPSA) is 56.7 Å². The lowest BCUT2D eigenvalue weighted by molar-refractivity contribution is 0.499. The first-order chi connectivity index (χ1) is 8.18. The van der Waals surface area contributed by atoms with Crippen LogP contribution in [0.5, 0.6) is 0 Å². The first kappa shape index (κ1) is 11.8. The lowest BCUT2D eigenvalue weighted by atomic mass is 10.1. The minimum Gasteiger partial charge on any atom is -0.318 e. The average molecular weight is 230 g/mol. The van der Waals surface area contributed by atoms with Gasteiger partial charge in [0.15, 0.2) is 5.82 Å². The Balaban J connectivity index is 2.25. The van der Waals surface area contributed by atoms with E-state index in [-0.39, 0.29) is 6.04 Å². The Bertz CT molecular complexity index is 461. The van der Waals surface area contributed by atoms with Crippen molar-refractivity contribution in [1.29, 1.82) is 0 Å². The SMILES string of the molecule is CC(C)Cn1cnnc1C(N)c1ccccc1. The molecule has 90 valence electrons. The molecule has 0 saturated heterocycles. The summed E-state index contributed by atoms with van der Waals surface area (Å²) in [6.07, 6.45) is 1.75. The lowest BCUT2D eigenvalue weighted by Crippen LogP contribution is -2.19. The molecule has 1 aromatic heterocycles. The summed E-state index contributed by atoms with van der Waals surface area (Å²) in [5.41, 5.74) is 7.27. The van der Waals surface area contributed by atoms with Gasteiger partial charge in [-0.3, -0.25) is 0 Å². The van der Waals surface area contributed by atoms with Crippen LogP contribution in [0.3, 0.4) is 0 Å². The predicted molar refractivity (Wildman–Crippen MR) is 67.3 cm³/mol. The molecule has 1 atom stereocenters. The maximum absolute atomic E-state index is 6.21. The second-order valence-electron chi connectivity index (χ2n) is 4.62. The van der Waals surface area contributed by atoms with Crippen molar-refractivity contribution in [3.63, 3.8) is 0 Å². The molecule has 2 aromatic rings. The zero-order chi connectivity index (χ0) is 12.3. The molecule has 0 aliphatic heterocycles. The van der Waals surface area contributed by atoms with Crippen molar-refractivity contribution >= 4 is 0 Å². The number of hydrogen-bond donors (Lipinski definition) is 1. The van der Waals surface area contributed by atoms with E-state index < -0.39 is 0 Å². The van der Waals surface area contributed by atoms with Gasteiger partial charge in [-0.15, -0.1) is 10.2 Å². The maximum Gasteiger partial charge on any atom is 0.154 e. The van der Waals surface area contributed by atoms with Gasteiger partial charge >= 0.3 is 0 Å². The molecule has 0 amide bonds. The molecule has 0 radical (unpaired) electrons. The fourth-order valence-electron chi connectivity index (χ4n) is 1.85. The second kappa shape index (κ2) is 5.10. The van der Waals surface area contributed by atoms with Crippen LogP contribution >= 0.6 is 0 Å². The van der Waals surface area contributed by atoms with Crippen molar-refractivity contribution in [3.8, 4) is 0 Å². The van der Waals surface area contributed by atoms with E-state index in [4.69, 9.17) is 5.73 Å². The molecule has 0 aliphatic rings. The Hall–Kier alpha value is -1.68. The fraction of sp³-hybridized carbons (Fsp3) is 0.385. The Morgan fingerprint density at radius 3 is 2.59 bits per heavy atom. The van der Waals surface area contributed by atoms with E-state index in [1.807, 2.05) is 34.9 Å². The van der Waals surface area contributed by atoms with Crippen molar-refractivity contribution in [3.05, 3.63) is 48.0 Å². The third-order valence-electron chi connectivity index (χ3n) is 2.64. The minimum atomic E-state index is -0.211. The minimum absolute atomic E-state index is 0.211. The summed E-state index contributed by atoms with van der Waals surface area (Å²) in [6.45, 7) is 5.22. The lowest BCUT2D eigenvalue weighted by Gasteiger charge is -2.14. The predicted octanol–water partition coefficient (Wildman–Crippen LogP) is 1.98. The smallest absolute Gasteiger partial charge is 0.154 e. The maximum atomic E-state index is 6.21. The van der Waals surface area contributed by atoms with Crippen LogP contribution in [0.2, 0.25) is 0 Å². The van der Waals surface area contributed by atoms with Crippen LogP contribution in [0.1, 0.15) is 31.3 Å². The van der Waals surface area contributed by atoms with Crippen LogP contribution < -0.4 is 5.73 Å².